The number of sulfonamides is 2. The van der Waals surface area contributed by atoms with Crippen LogP contribution in [-0.2, 0) is 20.0 Å². The molecule has 13 heteroatoms. The molecule has 0 spiro atoms. The Morgan fingerprint density at radius 3 is 2.25 bits per heavy atom. The van der Waals surface area contributed by atoms with Gasteiger partial charge in [0.2, 0.25) is 10.0 Å². The summed E-state index contributed by atoms with van der Waals surface area (Å²) in [4.78, 5) is 15.5. The Balaban J connectivity index is 2.19. The molecule has 0 saturated heterocycles. The zero-order valence-electron chi connectivity index (χ0n) is 15.1. The van der Waals surface area contributed by atoms with Crippen molar-refractivity contribution in [1.29, 1.82) is 0 Å². The molecule has 0 aliphatic carbocycles. The second-order valence-electron chi connectivity index (χ2n) is 5.42. The normalized spacial score (nSPS) is 12.1. The Morgan fingerprint density at radius 1 is 1.07 bits per heavy atom. The Hall–Kier alpha value is -2.61. The molecule has 0 saturated carbocycles. The summed E-state index contributed by atoms with van der Waals surface area (Å²) in [5.74, 6) is 0.0145. The first-order chi connectivity index (χ1) is 13.1. The summed E-state index contributed by atoms with van der Waals surface area (Å²) in [5.41, 5.74) is 1.73. The quantitative estimate of drug-likeness (QED) is 0.447. The lowest BCUT2D eigenvalue weighted by atomic mass is 10.3. The maximum Gasteiger partial charge on any atom is 0.289 e. The molecule has 0 aliphatic heterocycles. The number of anilines is 1. The molecular formula is C15H19N5O6S2. The lowest BCUT2D eigenvalue weighted by Gasteiger charge is -2.18. The predicted octanol–water partition coefficient (Wildman–Crippen LogP) is 1.33. The van der Waals surface area contributed by atoms with Crippen molar-refractivity contribution in [3.63, 3.8) is 0 Å². The van der Waals surface area contributed by atoms with E-state index in [1.165, 1.54) is 28.6 Å². The van der Waals surface area contributed by atoms with E-state index >= 15 is 0 Å². The van der Waals surface area contributed by atoms with Gasteiger partial charge in [-0.1, -0.05) is 26.0 Å². The van der Waals surface area contributed by atoms with Gasteiger partial charge >= 0.3 is 0 Å². The summed E-state index contributed by atoms with van der Waals surface area (Å²) in [6.07, 6.45) is 1.09. The first-order valence-electron chi connectivity index (χ1n) is 8.11. The minimum Gasteiger partial charge on any atom is -0.292 e. The fourth-order valence-electron chi connectivity index (χ4n) is 2.33. The number of hydrogen-bond donors (Lipinski definition) is 2. The third-order valence-corrected chi connectivity index (χ3v) is 7.07. The standard InChI is InChI=1S/C15H19N5O6S2/c1-3-19(4-2)28(25,26)12-9-10-15(16-11-12)17-18-27(23,24)14-8-6-5-7-13(14)20(21)22/h5-11,18H,3-4H2,1-2H3,(H,16,17). The van der Waals surface area contributed by atoms with Crippen LogP contribution < -0.4 is 10.3 Å². The van der Waals surface area contributed by atoms with Gasteiger partial charge < -0.3 is 0 Å². The van der Waals surface area contributed by atoms with Crippen LogP contribution in [0.1, 0.15) is 13.8 Å². The number of hydrogen-bond acceptors (Lipinski definition) is 8. The van der Waals surface area contributed by atoms with Crippen molar-refractivity contribution in [2.75, 3.05) is 18.5 Å². The summed E-state index contributed by atoms with van der Waals surface area (Å²) >= 11 is 0. The summed E-state index contributed by atoms with van der Waals surface area (Å²) in [7, 11) is -7.95. The minimum atomic E-state index is -4.26. The SMILES string of the molecule is CCN(CC)S(=O)(=O)c1ccc(NNS(=O)(=O)c2ccccc2[N+](=O)[O-])nc1. The molecular weight excluding hydrogens is 410 g/mol. The lowest BCUT2D eigenvalue weighted by molar-refractivity contribution is -0.387. The Kier molecular flexibility index (Phi) is 6.66. The number of aromatic nitrogens is 1. The molecule has 0 aliphatic rings. The van der Waals surface area contributed by atoms with Crippen LogP contribution in [0.5, 0.6) is 0 Å². The highest BCUT2D eigenvalue weighted by Crippen LogP contribution is 2.22. The summed E-state index contributed by atoms with van der Waals surface area (Å²) in [5, 5.41) is 11.0. The van der Waals surface area contributed by atoms with Gasteiger partial charge in [0.05, 0.1) is 4.92 Å². The second kappa shape index (κ2) is 8.60. The fourth-order valence-corrected chi connectivity index (χ4v) is 4.76. The van der Waals surface area contributed by atoms with Crippen molar-refractivity contribution < 1.29 is 21.8 Å². The Labute approximate surface area is 162 Å². The first-order valence-corrected chi connectivity index (χ1v) is 11.0. The molecule has 1 aromatic heterocycles. The van der Waals surface area contributed by atoms with Crippen LogP contribution in [0.3, 0.4) is 0 Å². The lowest BCUT2D eigenvalue weighted by Crippen LogP contribution is -2.31. The monoisotopic (exact) mass is 429 g/mol. The molecule has 0 unspecified atom stereocenters. The highest BCUT2D eigenvalue weighted by Gasteiger charge is 2.25. The van der Waals surface area contributed by atoms with Crippen LogP contribution in [0.4, 0.5) is 11.5 Å². The smallest absolute Gasteiger partial charge is 0.289 e. The number of rotatable bonds is 9. The van der Waals surface area contributed by atoms with E-state index in [1.54, 1.807) is 13.8 Å². The maximum atomic E-state index is 12.4. The molecule has 2 aromatic rings. The molecule has 0 fully saturated rings. The van der Waals surface area contributed by atoms with Crippen molar-refractivity contribution in [2.45, 2.75) is 23.6 Å². The number of pyridine rings is 1. The number of benzene rings is 1. The largest absolute Gasteiger partial charge is 0.292 e. The van der Waals surface area contributed by atoms with E-state index in [4.69, 9.17) is 0 Å². The second-order valence-corrected chi connectivity index (χ2v) is 9.01. The van der Waals surface area contributed by atoms with E-state index in [1.807, 2.05) is 4.83 Å². The van der Waals surface area contributed by atoms with Crippen molar-refractivity contribution in [2.24, 2.45) is 0 Å². The molecule has 2 N–H and O–H groups in total. The van der Waals surface area contributed by atoms with Gasteiger partial charge in [-0.3, -0.25) is 15.5 Å². The predicted molar refractivity (Wildman–Crippen MR) is 101 cm³/mol. The number of nitrogens with zero attached hydrogens (tertiary/aromatic N) is 3. The molecule has 11 nitrogen and oxygen atoms in total. The van der Waals surface area contributed by atoms with Crippen molar-refractivity contribution in [1.82, 2.24) is 14.1 Å². The third kappa shape index (κ3) is 4.62. The van der Waals surface area contributed by atoms with Crippen molar-refractivity contribution >= 4 is 31.6 Å². The van der Waals surface area contributed by atoms with Gasteiger partial charge in [-0.15, -0.1) is 4.83 Å². The molecule has 0 bridgehead atoms. The highest BCUT2D eigenvalue weighted by molar-refractivity contribution is 7.89. The number of nitro benzene ring substituents is 1. The van der Waals surface area contributed by atoms with Crippen molar-refractivity contribution in [3.8, 4) is 0 Å². The van der Waals surface area contributed by atoms with E-state index in [0.29, 0.717) is 13.1 Å². The van der Waals surface area contributed by atoms with E-state index in [9.17, 15) is 26.9 Å². The molecule has 1 heterocycles. The Morgan fingerprint density at radius 2 is 1.71 bits per heavy atom. The zero-order chi connectivity index (χ0) is 20.9. The van der Waals surface area contributed by atoms with Gasteiger partial charge in [-0.05, 0) is 18.2 Å². The summed E-state index contributed by atoms with van der Waals surface area (Å²) in [6.45, 7) is 4.02. The van der Waals surface area contributed by atoms with Crippen LogP contribution in [0, 0.1) is 10.1 Å². The van der Waals surface area contributed by atoms with Crippen LogP contribution in [0.25, 0.3) is 0 Å². The number of para-hydroxylation sites is 1. The molecule has 28 heavy (non-hydrogen) atoms. The summed E-state index contributed by atoms with van der Waals surface area (Å²) < 4.78 is 50.7. The van der Waals surface area contributed by atoms with Crippen LogP contribution in [-0.4, -0.2) is 44.1 Å². The van der Waals surface area contributed by atoms with Gasteiger partial charge in [0.1, 0.15) is 10.7 Å². The van der Waals surface area contributed by atoms with E-state index in [0.717, 1.165) is 18.3 Å². The third-order valence-electron chi connectivity index (χ3n) is 3.74. The fraction of sp³-hybridized carbons (Fsp3) is 0.267. The molecule has 2 rings (SSSR count). The average Bonchev–Trinajstić information content (AvgIpc) is 2.67. The molecule has 1 aromatic carbocycles. The van der Waals surface area contributed by atoms with Gasteiger partial charge in [0.15, 0.2) is 4.90 Å². The van der Waals surface area contributed by atoms with Gasteiger partial charge in [-0.25, -0.2) is 21.8 Å². The van der Waals surface area contributed by atoms with Crippen molar-refractivity contribution in [3.05, 3.63) is 52.7 Å². The highest BCUT2D eigenvalue weighted by atomic mass is 32.2. The molecule has 0 amide bonds. The van der Waals surface area contributed by atoms with Gasteiger partial charge in [0, 0.05) is 25.4 Å². The molecule has 152 valence electrons. The maximum absolute atomic E-state index is 12.4. The minimum absolute atomic E-state index is 0.0145. The topological polar surface area (TPSA) is 152 Å². The van der Waals surface area contributed by atoms with Crippen LogP contribution in [0.15, 0.2) is 52.4 Å². The van der Waals surface area contributed by atoms with Gasteiger partial charge in [0.25, 0.3) is 15.7 Å². The average molecular weight is 429 g/mol. The molecule has 0 radical (unpaired) electrons. The van der Waals surface area contributed by atoms with E-state index in [-0.39, 0.29) is 10.7 Å². The van der Waals surface area contributed by atoms with E-state index in [2.05, 4.69) is 10.4 Å². The summed E-state index contributed by atoms with van der Waals surface area (Å²) in [6, 6.07) is 7.42. The number of nitrogens with one attached hydrogen (secondary N) is 2. The van der Waals surface area contributed by atoms with Gasteiger partial charge in [-0.2, -0.15) is 4.31 Å². The van der Waals surface area contributed by atoms with Crippen LogP contribution >= 0.6 is 0 Å². The Bertz CT molecular complexity index is 1050. The molecule has 0 atom stereocenters. The zero-order valence-corrected chi connectivity index (χ0v) is 16.7. The number of hydrazine groups is 1. The van der Waals surface area contributed by atoms with E-state index < -0.39 is 35.6 Å². The first kappa shape index (κ1) is 21.7. The number of nitro groups is 1. The van der Waals surface area contributed by atoms with Crippen LogP contribution in [0.2, 0.25) is 0 Å².